The first-order chi connectivity index (χ1) is 6.74. The van der Waals surface area contributed by atoms with Gasteiger partial charge in [-0.1, -0.05) is 50.1 Å². The molecule has 1 aromatic carbocycles. The Labute approximate surface area is 100 Å². The van der Waals surface area contributed by atoms with Crippen molar-refractivity contribution in [2.24, 2.45) is 0 Å². The van der Waals surface area contributed by atoms with Crippen LogP contribution in [0, 0.1) is 5.82 Å². The normalized spacial score (nSPS) is 11.1. The molecule has 1 aromatic rings. The molecule has 0 atom stereocenters. The van der Waals surface area contributed by atoms with Crippen LogP contribution in [0.15, 0.2) is 34.8 Å². The van der Waals surface area contributed by atoms with Crippen LogP contribution in [0.3, 0.4) is 0 Å². The molecule has 76 valence electrons. The Morgan fingerprint density at radius 1 is 1.29 bits per heavy atom. The highest BCUT2D eigenvalue weighted by molar-refractivity contribution is 9.10. The number of hydrogen-bond donors (Lipinski definition) is 0. The van der Waals surface area contributed by atoms with E-state index in [9.17, 15) is 4.39 Å². The van der Waals surface area contributed by atoms with E-state index >= 15 is 0 Å². The minimum absolute atomic E-state index is 0.204. The molecule has 0 nitrogen and oxygen atoms in total. The van der Waals surface area contributed by atoms with Crippen LogP contribution >= 0.6 is 31.9 Å². The Morgan fingerprint density at radius 3 is 2.71 bits per heavy atom. The van der Waals surface area contributed by atoms with Crippen LogP contribution in [-0.2, 0) is 6.42 Å². The molecule has 0 N–H and O–H groups in total. The Balaban J connectivity index is 2.59. The quantitative estimate of drug-likeness (QED) is 0.567. The maximum Gasteiger partial charge on any atom is 0.124 e. The fourth-order valence-electron chi connectivity index (χ4n) is 1.08. The topological polar surface area (TPSA) is 0 Å². The van der Waals surface area contributed by atoms with E-state index in [-0.39, 0.29) is 5.82 Å². The van der Waals surface area contributed by atoms with Crippen LogP contribution in [0.2, 0.25) is 0 Å². The summed E-state index contributed by atoms with van der Waals surface area (Å²) in [5, 5.41) is 0.980. The van der Waals surface area contributed by atoms with Crippen LogP contribution in [0.5, 0.6) is 0 Å². The van der Waals surface area contributed by atoms with E-state index in [1.165, 1.54) is 12.1 Å². The third-order valence-electron chi connectivity index (χ3n) is 1.80. The van der Waals surface area contributed by atoms with Crippen molar-refractivity contribution in [2.45, 2.75) is 12.8 Å². The molecule has 0 radical (unpaired) electrons. The van der Waals surface area contributed by atoms with Gasteiger partial charge >= 0.3 is 0 Å². The van der Waals surface area contributed by atoms with Gasteiger partial charge in [-0.3, -0.25) is 0 Å². The summed E-state index contributed by atoms with van der Waals surface area (Å²) in [5.41, 5.74) is 1.11. The molecule has 0 unspecified atom stereocenters. The van der Waals surface area contributed by atoms with Crippen molar-refractivity contribution >= 4 is 31.9 Å². The lowest BCUT2D eigenvalue weighted by Crippen LogP contribution is -1.85. The van der Waals surface area contributed by atoms with Crippen molar-refractivity contribution in [2.75, 3.05) is 5.33 Å². The second-order valence-electron chi connectivity index (χ2n) is 2.89. The first-order valence-corrected chi connectivity index (χ1v) is 6.30. The fourth-order valence-corrected chi connectivity index (χ4v) is 1.86. The van der Waals surface area contributed by atoms with Gasteiger partial charge in [0.15, 0.2) is 0 Å². The molecule has 0 fully saturated rings. The highest BCUT2D eigenvalue weighted by Crippen LogP contribution is 2.18. The van der Waals surface area contributed by atoms with Crippen molar-refractivity contribution in [1.29, 1.82) is 0 Å². The van der Waals surface area contributed by atoms with Gasteiger partial charge in [-0.05, 0) is 30.5 Å². The molecule has 3 heteroatoms. The van der Waals surface area contributed by atoms with Gasteiger partial charge in [-0.25, -0.2) is 4.39 Å². The van der Waals surface area contributed by atoms with E-state index in [4.69, 9.17) is 0 Å². The predicted octanol–water partition coefficient (Wildman–Crippen LogP) is 4.47. The predicted molar refractivity (Wildman–Crippen MR) is 65.4 cm³/mol. The molecule has 1 rings (SSSR count). The van der Waals surface area contributed by atoms with Gasteiger partial charge in [0, 0.05) is 9.80 Å². The van der Waals surface area contributed by atoms with E-state index in [0.717, 1.165) is 28.2 Å². The van der Waals surface area contributed by atoms with Crippen molar-refractivity contribution in [3.8, 4) is 0 Å². The van der Waals surface area contributed by atoms with Gasteiger partial charge in [-0.15, -0.1) is 0 Å². The second-order valence-corrected chi connectivity index (χ2v) is 4.54. The first kappa shape index (κ1) is 11.9. The highest BCUT2D eigenvalue weighted by atomic mass is 79.9. The van der Waals surface area contributed by atoms with E-state index in [2.05, 4.69) is 44.0 Å². The number of benzene rings is 1. The molecule has 0 aliphatic rings. The summed E-state index contributed by atoms with van der Waals surface area (Å²) >= 11 is 6.68. The summed E-state index contributed by atoms with van der Waals surface area (Å²) in [6.45, 7) is 0. The monoisotopic (exact) mass is 320 g/mol. The average Bonchev–Trinajstić information content (AvgIpc) is 2.15. The van der Waals surface area contributed by atoms with Crippen molar-refractivity contribution in [1.82, 2.24) is 0 Å². The molecule has 0 saturated carbocycles. The zero-order valence-corrected chi connectivity index (χ0v) is 10.8. The van der Waals surface area contributed by atoms with Crippen molar-refractivity contribution < 1.29 is 4.39 Å². The molecule has 0 aromatic heterocycles. The lowest BCUT2D eigenvalue weighted by atomic mass is 10.1. The summed E-state index contributed by atoms with van der Waals surface area (Å²) in [5.74, 6) is -0.204. The second kappa shape index (κ2) is 6.36. The number of rotatable bonds is 4. The van der Waals surface area contributed by atoms with Gasteiger partial charge in [0.25, 0.3) is 0 Å². The van der Waals surface area contributed by atoms with Gasteiger partial charge < -0.3 is 0 Å². The molecule has 14 heavy (non-hydrogen) atoms. The minimum atomic E-state index is -0.204. The Morgan fingerprint density at radius 2 is 2.07 bits per heavy atom. The van der Waals surface area contributed by atoms with E-state index in [0.29, 0.717) is 0 Å². The zero-order chi connectivity index (χ0) is 10.4. The van der Waals surface area contributed by atoms with Gasteiger partial charge in [0.1, 0.15) is 5.82 Å². The van der Waals surface area contributed by atoms with E-state index in [1.807, 2.05) is 0 Å². The molecule has 0 aliphatic carbocycles. The van der Waals surface area contributed by atoms with E-state index < -0.39 is 0 Å². The number of allylic oxidation sites excluding steroid dienone is 2. The van der Waals surface area contributed by atoms with Gasteiger partial charge in [-0.2, -0.15) is 0 Å². The van der Waals surface area contributed by atoms with Crippen LogP contribution < -0.4 is 0 Å². The third kappa shape index (κ3) is 3.93. The molecule has 0 saturated heterocycles. The molecular weight excluding hydrogens is 311 g/mol. The summed E-state index contributed by atoms with van der Waals surface area (Å²) in [7, 11) is 0. The molecule has 0 spiro atoms. The van der Waals surface area contributed by atoms with Gasteiger partial charge in [0.05, 0.1) is 0 Å². The Kier molecular flexibility index (Phi) is 5.41. The summed E-state index contributed by atoms with van der Waals surface area (Å²) in [6.07, 6.45) is 6.08. The molecule has 0 bridgehead atoms. The SMILES string of the molecule is Fc1ccc(CC=CCCBr)c(Br)c1. The average molecular weight is 322 g/mol. The number of alkyl halides is 1. The van der Waals surface area contributed by atoms with Crippen molar-refractivity contribution in [3.63, 3.8) is 0 Å². The van der Waals surface area contributed by atoms with Crippen molar-refractivity contribution in [3.05, 3.63) is 46.2 Å². The maximum absolute atomic E-state index is 12.7. The Bertz CT molecular complexity index is 321. The maximum atomic E-state index is 12.7. The third-order valence-corrected chi connectivity index (χ3v) is 2.99. The van der Waals surface area contributed by atoms with Crippen LogP contribution in [-0.4, -0.2) is 5.33 Å². The standard InChI is InChI=1S/C11H11Br2F/c12-7-3-1-2-4-9-5-6-10(14)8-11(9)13/h1-2,5-6,8H,3-4,7H2. The van der Waals surface area contributed by atoms with Crippen LogP contribution in [0.4, 0.5) is 4.39 Å². The number of halogens is 3. The zero-order valence-electron chi connectivity index (χ0n) is 7.64. The van der Waals surface area contributed by atoms with Crippen LogP contribution in [0.1, 0.15) is 12.0 Å². The molecule has 0 amide bonds. The first-order valence-electron chi connectivity index (χ1n) is 4.39. The summed E-state index contributed by atoms with van der Waals surface area (Å²) < 4.78 is 13.6. The Hall–Kier alpha value is -0.150. The molecule has 0 heterocycles. The lowest BCUT2D eigenvalue weighted by molar-refractivity contribution is 0.626. The molecular formula is C11H11Br2F. The minimum Gasteiger partial charge on any atom is -0.207 e. The molecule has 0 aliphatic heterocycles. The van der Waals surface area contributed by atoms with Crippen LogP contribution in [0.25, 0.3) is 0 Å². The van der Waals surface area contributed by atoms with E-state index in [1.54, 1.807) is 6.07 Å². The number of hydrogen-bond acceptors (Lipinski definition) is 0. The summed E-state index contributed by atoms with van der Waals surface area (Å²) in [6, 6.07) is 4.78. The lowest BCUT2D eigenvalue weighted by Gasteiger charge is -2.00. The highest BCUT2D eigenvalue weighted by Gasteiger charge is 1.98. The largest absolute Gasteiger partial charge is 0.207 e. The summed E-state index contributed by atoms with van der Waals surface area (Å²) in [4.78, 5) is 0. The van der Waals surface area contributed by atoms with Gasteiger partial charge in [0.2, 0.25) is 0 Å². The fraction of sp³-hybridized carbons (Fsp3) is 0.273. The smallest absolute Gasteiger partial charge is 0.124 e.